The van der Waals surface area contributed by atoms with Crippen molar-refractivity contribution in [2.24, 2.45) is 0 Å². The molecule has 1 heterocycles. The van der Waals surface area contributed by atoms with Gasteiger partial charge in [0.25, 0.3) is 0 Å². The Morgan fingerprint density at radius 2 is 1.82 bits per heavy atom. The third kappa shape index (κ3) is 5.25. The molecular formula is C21H18N4O3. The first kappa shape index (κ1) is 18.8. The molecule has 140 valence electrons. The highest BCUT2D eigenvalue weighted by molar-refractivity contribution is 6.00. The monoisotopic (exact) mass is 374 g/mol. The minimum atomic E-state index is -0.327. The zero-order valence-electron chi connectivity index (χ0n) is 15.0. The van der Waals surface area contributed by atoms with Crippen LogP contribution < -0.4 is 15.4 Å². The molecule has 2 N–H and O–H groups in total. The minimum Gasteiger partial charge on any atom is -0.438 e. The van der Waals surface area contributed by atoms with Gasteiger partial charge < -0.3 is 15.4 Å². The number of ether oxygens (including phenoxy) is 1. The lowest BCUT2D eigenvalue weighted by molar-refractivity contribution is -0.115. The van der Waals surface area contributed by atoms with Crippen LogP contribution in [0.25, 0.3) is 0 Å². The lowest BCUT2D eigenvalue weighted by Crippen LogP contribution is -2.16. The van der Waals surface area contributed by atoms with Crippen molar-refractivity contribution in [1.29, 1.82) is 0 Å². The van der Waals surface area contributed by atoms with Crippen LogP contribution in [0.1, 0.15) is 5.56 Å². The van der Waals surface area contributed by atoms with Crippen LogP contribution in [0.15, 0.2) is 79.8 Å². The van der Waals surface area contributed by atoms with E-state index in [0.29, 0.717) is 28.6 Å². The highest BCUT2D eigenvalue weighted by Gasteiger charge is 2.10. The Labute approximate surface area is 162 Å². The quantitative estimate of drug-likeness (QED) is 0.617. The maximum atomic E-state index is 12.4. The fraction of sp³-hybridized carbons (Fsp3) is 0.0476. The summed E-state index contributed by atoms with van der Waals surface area (Å²) < 4.78 is 5.56. The number of nitrogens with zero attached hydrogens (tertiary/aromatic N) is 2. The minimum absolute atomic E-state index is 0.117. The second-order valence-corrected chi connectivity index (χ2v) is 5.75. The number of rotatable bonds is 7. The van der Waals surface area contributed by atoms with Crippen molar-refractivity contribution in [1.82, 2.24) is 9.97 Å². The molecule has 2 amide bonds. The van der Waals surface area contributed by atoms with E-state index in [2.05, 4.69) is 27.2 Å². The average Bonchev–Trinajstić information content (AvgIpc) is 2.71. The van der Waals surface area contributed by atoms with Crippen molar-refractivity contribution in [2.45, 2.75) is 6.42 Å². The van der Waals surface area contributed by atoms with E-state index in [4.69, 9.17) is 4.74 Å². The fourth-order valence-corrected chi connectivity index (χ4v) is 2.42. The standard InChI is InChI=1S/C21H18N4O3/c1-2-19(26)25-18-6-4-3-5-15(18)13-20(27)24-16-7-9-17(10-8-16)28-21-14-22-11-12-23-21/h2-12,14H,1,13H2,(H,24,27)(H,25,26). The normalized spacial score (nSPS) is 10.0. The molecule has 0 radical (unpaired) electrons. The third-order valence-electron chi connectivity index (χ3n) is 3.71. The van der Waals surface area contributed by atoms with Gasteiger partial charge in [-0.2, -0.15) is 0 Å². The SMILES string of the molecule is C=CC(=O)Nc1ccccc1CC(=O)Nc1ccc(Oc2cnccn2)cc1. The van der Waals surface area contributed by atoms with Crippen LogP contribution in [-0.4, -0.2) is 21.8 Å². The second-order valence-electron chi connectivity index (χ2n) is 5.75. The summed E-state index contributed by atoms with van der Waals surface area (Å²) in [7, 11) is 0. The van der Waals surface area contributed by atoms with Crippen LogP contribution in [0.3, 0.4) is 0 Å². The first-order chi connectivity index (χ1) is 13.6. The van der Waals surface area contributed by atoms with E-state index in [1.54, 1.807) is 54.9 Å². The summed E-state index contributed by atoms with van der Waals surface area (Å²) in [6.45, 7) is 3.43. The van der Waals surface area contributed by atoms with Gasteiger partial charge in [-0.25, -0.2) is 4.98 Å². The molecule has 7 heteroatoms. The van der Waals surface area contributed by atoms with Crippen LogP contribution in [0, 0.1) is 0 Å². The molecule has 0 atom stereocenters. The zero-order valence-corrected chi connectivity index (χ0v) is 15.0. The van der Waals surface area contributed by atoms with Crippen molar-refractivity contribution < 1.29 is 14.3 Å². The lowest BCUT2D eigenvalue weighted by Gasteiger charge is -2.11. The highest BCUT2D eigenvalue weighted by atomic mass is 16.5. The summed E-state index contributed by atoms with van der Waals surface area (Å²) >= 11 is 0. The summed E-state index contributed by atoms with van der Waals surface area (Å²) in [4.78, 5) is 31.9. The molecule has 28 heavy (non-hydrogen) atoms. The molecule has 0 saturated carbocycles. The summed E-state index contributed by atoms with van der Waals surface area (Å²) in [6.07, 6.45) is 5.91. The van der Waals surface area contributed by atoms with Gasteiger partial charge >= 0.3 is 0 Å². The smallest absolute Gasteiger partial charge is 0.247 e. The summed E-state index contributed by atoms with van der Waals surface area (Å²) in [5.41, 5.74) is 1.91. The van der Waals surface area contributed by atoms with Gasteiger partial charge in [-0.05, 0) is 42.0 Å². The van der Waals surface area contributed by atoms with Crippen LogP contribution >= 0.6 is 0 Å². The van der Waals surface area contributed by atoms with E-state index in [1.165, 1.54) is 12.3 Å². The molecule has 0 unspecified atom stereocenters. The first-order valence-electron chi connectivity index (χ1n) is 8.49. The van der Waals surface area contributed by atoms with E-state index in [-0.39, 0.29) is 18.2 Å². The fourth-order valence-electron chi connectivity index (χ4n) is 2.42. The number of hydrogen-bond acceptors (Lipinski definition) is 5. The topological polar surface area (TPSA) is 93.2 Å². The molecule has 0 aliphatic heterocycles. The van der Waals surface area contributed by atoms with Crippen molar-refractivity contribution in [3.63, 3.8) is 0 Å². The predicted molar refractivity (Wildman–Crippen MR) is 106 cm³/mol. The van der Waals surface area contributed by atoms with Crippen LogP contribution in [0.2, 0.25) is 0 Å². The van der Waals surface area contributed by atoms with E-state index < -0.39 is 0 Å². The molecule has 0 aliphatic rings. The van der Waals surface area contributed by atoms with Crippen LogP contribution in [-0.2, 0) is 16.0 Å². The number of carbonyl (C=O) groups is 2. The number of benzene rings is 2. The van der Waals surface area contributed by atoms with Crippen molar-refractivity contribution in [3.05, 3.63) is 85.3 Å². The van der Waals surface area contributed by atoms with Crippen molar-refractivity contribution in [3.8, 4) is 11.6 Å². The summed E-state index contributed by atoms with van der Waals surface area (Å²) in [5, 5.41) is 5.52. The predicted octanol–water partition coefficient (Wildman–Crippen LogP) is 3.57. The molecule has 2 aromatic carbocycles. The number of amides is 2. The second kappa shape index (κ2) is 9.09. The van der Waals surface area contributed by atoms with Gasteiger partial charge in [0, 0.05) is 23.8 Å². The van der Waals surface area contributed by atoms with Gasteiger partial charge in [-0.15, -0.1) is 0 Å². The lowest BCUT2D eigenvalue weighted by atomic mass is 10.1. The summed E-state index contributed by atoms with van der Waals surface area (Å²) in [5.74, 6) is 0.433. The summed E-state index contributed by atoms with van der Waals surface area (Å²) in [6, 6.07) is 14.0. The molecule has 3 aromatic rings. The maximum absolute atomic E-state index is 12.4. The van der Waals surface area contributed by atoms with E-state index in [9.17, 15) is 9.59 Å². The number of anilines is 2. The van der Waals surface area contributed by atoms with Crippen molar-refractivity contribution >= 4 is 23.2 Å². The van der Waals surface area contributed by atoms with Gasteiger partial charge in [-0.1, -0.05) is 24.8 Å². The van der Waals surface area contributed by atoms with E-state index in [1.807, 2.05) is 6.07 Å². The number of carbonyl (C=O) groups excluding carboxylic acids is 2. The molecule has 1 aromatic heterocycles. The van der Waals surface area contributed by atoms with Gasteiger partial charge in [0.1, 0.15) is 5.75 Å². The maximum Gasteiger partial charge on any atom is 0.247 e. The first-order valence-corrected chi connectivity index (χ1v) is 8.49. The third-order valence-corrected chi connectivity index (χ3v) is 3.71. The van der Waals surface area contributed by atoms with Gasteiger partial charge in [0.05, 0.1) is 12.6 Å². The average molecular weight is 374 g/mol. The Morgan fingerprint density at radius 3 is 2.54 bits per heavy atom. The molecule has 0 spiro atoms. The Kier molecular flexibility index (Phi) is 6.10. The molecule has 0 aliphatic carbocycles. The largest absolute Gasteiger partial charge is 0.438 e. The Morgan fingerprint density at radius 1 is 1.04 bits per heavy atom. The van der Waals surface area contributed by atoms with Crippen LogP contribution in [0.4, 0.5) is 11.4 Å². The van der Waals surface area contributed by atoms with Crippen molar-refractivity contribution in [2.75, 3.05) is 10.6 Å². The molecule has 7 nitrogen and oxygen atoms in total. The Hall–Kier alpha value is -4.00. The Balaban J connectivity index is 1.61. The number of hydrogen-bond donors (Lipinski definition) is 2. The molecule has 3 rings (SSSR count). The highest BCUT2D eigenvalue weighted by Crippen LogP contribution is 2.21. The number of aromatic nitrogens is 2. The van der Waals surface area contributed by atoms with Gasteiger partial charge in [0.2, 0.25) is 17.7 Å². The number of nitrogens with one attached hydrogen (secondary N) is 2. The molecule has 0 bridgehead atoms. The van der Waals surface area contributed by atoms with Gasteiger partial charge in [0.15, 0.2) is 0 Å². The molecule has 0 fully saturated rings. The van der Waals surface area contributed by atoms with Crippen LogP contribution in [0.5, 0.6) is 11.6 Å². The Bertz CT molecular complexity index is 972. The van der Waals surface area contributed by atoms with E-state index in [0.717, 1.165) is 0 Å². The van der Waals surface area contributed by atoms with Gasteiger partial charge in [-0.3, -0.25) is 14.6 Å². The molecule has 0 saturated heterocycles. The zero-order chi connectivity index (χ0) is 19.8. The number of para-hydroxylation sites is 1. The van der Waals surface area contributed by atoms with E-state index >= 15 is 0 Å². The molecular weight excluding hydrogens is 356 g/mol.